The van der Waals surface area contributed by atoms with E-state index in [-0.39, 0.29) is 6.04 Å². The van der Waals surface area contributed by atoms with E-state index in [2.05, 4.69) is 24.1 Å². The number of H-pyrrole nitrogens is 1. The maximum absolute atomic E-state index is 11.8. The van der Waals surface area contributed by atoms with Crippen LogP contribution in [0, 0.1) is 5.92 Å². The maximum Gasteiger partial charge on any atom is 0.321 e. The standard InChI is InChI=1S/C24H28N2O4/c1-14(2)10-11-30-20-9-8-15(12-21(20)29-3)22-23-17(13-19(26-22)24(27)28)16-6-4-5-7-18(16)25-23/h4-9,12,14,19,22,25-26H,10-11,13H2,1-3H3,(H,27,28). The van der Waals surface area contributed by atoms with Gasteiger partial charge < -0.3 is 19.6 Å². The summed E-state index contributed by atoms with van der Waals surface area (Å²) in [5.74, 6) is 1.06. The Morgan fingerprint density at radius 3 is 2.73 bits per heavy atom. The van der Waals surface area contributed by atoms with Crippen molar-refractivity contribution in [2.24, 2.45) is 5.92 Å². The number of benzene rings is 2. The molecule has 6 nitrogen and oxygen atoms in total. The molecule has 0 spiro atoms. The van der Waals surface area contributed by atoms with Crippen LogP contribution in [0.1, 0.15) is 43.1 Å². The molecule has 0 fully saturated rings. The number of rotatable bonds is 7. The third-order valence-corrected chi connectivity index (χ3v) is 5.68. The summed E-state index contributed by atoms with van der Waals surface area (Å²) in [6.07, 6.45) is 1.41. The summed E-state index contributed by atoms with van der Waals surface area (Å²) in [6, 6.07) is 12.9. The van der Waals surface area contributed by atoms with E-state index in [9.17, 15) is 9.90 Å². The van der Waals surface area contributed by atoms with Crippen molar-refractivity contribution in [2.75, 3.05) is 13.7 Å². The van der Waals surface area contributed by atoms with Crippen LogP contribution in [0.4, 0.5) is 0 Å². The minimum Gasteiger partial charge on any atom is -0.493 e. The number of fused-ring (bicyclic) bond motifs is 3. The first-order chi connectivity index (χ1) is 14.5. The van der Waals surface area contributed by atoms with Crippen molar-refractivity contribution in [3.05, 3.63) is 59.3 Å². The van der Waals surface area contributed by atoms with E-state index in [0.29, 0.717) is 30.4 Å². The van der Waals surface area contributed by atoms with Crippen molar-refractivity contribution in [1.29, 1.82) is 0 Å². The lowest BCUT2D eigenvalue weighted by Crippen LogP contribution is -2.44. The highest BCUT2D eigenvalue weighted by Crippen LogP contribution is 2.38. The van der Waals surface area contributed by atoms with Gasteiger partial charge in [-0.15, -0.1) is 0 Å². The molecule has 2 aromatic carbocycles. The number of carboxylic acid groups (broad SMARTS) is 1. The molecule has 1 aliphatic rings. The normalized spacial score (nSPS) is 18.4. The van der Waals surface area contributed by atoms with Crippen molar-refractivity contribution in [3.8, 4) is 11.5 Å². The van der Waals surface area contributed by atoms with Gasteiger partial charge in [0.1, 0.15) is 6.04 Å². The largest absolute Gasteiger partial charge is 0.493 e. The van der Waals surface area contributed by atoms with Crippen molar-refractivity contribution in [2.45, 2.75) is 38.8 Å². The number of methoxy groups -OCH3 is 1. The molecule has 2 unspecified atom stereocenters. The Labute approximate surface area is 176 Å². The summed E-state index contributed by atoms with van der Waals surface area (Å²) in [5.41, 5.74) is 4.00. The summed E-state index contributed by atoms with van der Waals surface area (Å²) < 4.78 is 11.5. The van der Waals surface area contributed by atoms with Crippen LogP contribution in [0.15, 0.2) is 42.5 Å². The second kappa shape index (κ2) is 8.40. The number of aliphatic carboxylic acids is 1. The van der Waals surface area contributed by atoms with Crippen LogP contribution in [0.5, 0.6) is 11.5 Å². The molecule has 2 heterocycles. The highest BCUT2D eigenvalue weighted by atomic mass is 16.5. The van der Waals surface area contributed by atoms with E-state index in [1.54, 1.807) is 7.11 Å². The van der Waals surface area contributed by atoms with Gasteiger partial charge in [-0.05, 0) is 41.7 Å². The molecule has 1 aliphatic heterocycles. The lowest BCUT2D eigenvalue weighted by Gasteiger charge is -2.30. The van der Waals surface area contributed by atoms with Crippen molar-refractivity contribution < 1.29 is 19.4 Å². The molecule has 3 N–H and O–H groups in total. The number of aromatic amines is 1. The van der Waals surface area contributed by atoms with Crippen LogP contribution in [-0.2, 0) is 11.2 Å². The zero-order chi connectivity index (χ0) is 21.3. The monoisotopic (exact) mass is 408 g/mol. The van der Waals surface area contributed by atoms with E-state index in [1.165, 1.54) is 0 Å². The summed E-state index contributed by atoms with van der Waals surface area (Å²) in [6.45, 7) is 4.95. The van der Waals surface area contributed by atoms with Gasteiger partial charge in [-0.2, -0.15) is 0 Å². The second-order valence-corrected chi connectivity index (χ2v) is 8.20. The number of nitrogens with one attached hydrogen (secondary N) is 2. The van der Waals surface area contributed by atoms with E-state index >= 15 is 0 Å². The minimum atomic E-state index is -0.850. The highest BCUT2D eigenvalue weighted by molar-refractivity contribution is 5.87. The smallest absolute Gasteiger partial charge is 0.321 e. The molecule has 4 rings (SSSR count). The zero-order valence-corrected chi connectivity index (χ0v) is 17.6. The second-order valence-electron chi connectivity index (χ2n) is 8.20. The van der Waals surface area contributed by atoms with Gasteiger partial charge in [0.15, 0.2) is 11.5 Å². The number of hydrogen-bond acceptors (Lipinski definition) is 4. The van der Waals surface area contributed by atoms with Gasteiger partial charge in [-0.3, -0.25) is 10.1 Å². The number of para-hydroxylation sites is 1. The quantitative estimate of drug-likeness (QED) is 0.543. The van der Waals surface area contributed by atoms with Gasteiger partial charge in [0.05, 0.1) is 19.8 Å². The minimum absolute atomic E-state index is 0.277. The van der Waals surface area contributed by atoms with Crippen LogP contribution >= 0.6 is 0 Å². The van der Waals surface area contributed by atoms with Gasteiger partial charge in [0.2, 0.25) is 0 Å². The van der Waals surface area contributed by atoms with E-state index < -0.39 is 12.0 Å². The number of carboxylic acids is 1. The highest BCUT2D eigenvalue weighted by Gasteiger charge is 2.34. The molecule has 0 aliphatic carbocycles. The fraction of sp³-hybridized carbons (Fsp3) is 0.375. The lowest BCUT2D eigenvalue weighted by atomic mass is 9.90. The average molecular weight is 408 g/mol. The molecule has 2 atom stereocenters. The number of carbonyl (C=O) groups is 1. The van der Waals surface area contributed by atoms with E-state index in [1.807, 2.05) is 42.5 Å². The first-order valence-electron chi connectivity index (χ1n) is 10.4. The third kappa shape index (κ3) is 3.87. The van der Waals surface area contributed by atoms with Crippen molar-refractivity contribution in [1.82, 2.24) is 10.3 Å². The summed E-state index contributed by atoms with van der Waals surface area (Å²) in [4.78, 5) is 15.3. The Kier molecular flexibility index (Phi) is 5.68. The SMILES string of the molecule is COc1cc(C2NC(C(=O)O)Cc3c2[nH]c2ccccc32)ccc1OCCC(C)C. The number of hydrogen-bond donors (Lipinski definition) is 3. The first kappa shape index (κ1) is 20.3. The van der Waals surface area contributed by atoms with Gasteiger partial charge in [-0.1, -0.05) is 38.1 Å². The molecule has 0 saturated heterocycles. The van der Waals surface area contributed by atoms with Crippen LogP contribution in [0.2, 0.25) is 0 Å². The Morgan fingerprint density at radius 1 is 1.20 bits per heavy atom. The van der Waals surface area contributed by atoms with Gasteiger partial charge in [0, 0.05) is 23.0 Å². The topological polar surface area (TPSA) is 83.6 Å². The van der Waals surface area contributed by atoms with E-state index in [4.69, 9.17) is 9.47 Å². The lowest BCUT2D eigenvalue weighted by molar-refractivity contribution is -0.139. The predicted molar refractivity (Wildman–Crippen MR) is 116 cm³/mol. The predicted octanol–water partition coefficient (Wildman–Crippen LogP) is 4.29. The van der Waals surface area contributed by atoms with Crippen LogP contribution in [-0.4, -0.2) is 35.8 Å². The van der Waals surface area contributed by atoms with Crippen LogP contribution in [0.25, 0.3) is 10.9 Å². The van der Waals surface area contributed by atoms with Crippen LogP contribution < -0.4 is 14.8 Å². The molecular formula is C24H28N2O4. The molecule has 0 saturated carbocycles. The fourth-order valence-corrected chi connectivity index (χ4v) is 4.04. The summed E-state index contributed by atoms with van der Waals surface area (Å²) >= 11 is 0. The zero-order valence-electron chi connectivity index (χ0n) is 17.6. The molecule has 6 heteroatoms. The number of aromatic nitrogens is 1. The average Bonchev–Trinajstić information content (AvgIpc) is 3.11. The summed E-state index contributed by atoms with van der Waals surface area (Å²) in [7, 11) is 1.62. The Hall–Kier alpha value is -2.99. The van der Waals surface area contributed by atoms with Gasteiger partial charge in [0.25, 0.3) is 0 Å². The summed E-state index contributed by atoms with van der Waals surface area (Å²) in [5, 5.41) is 14.1. The Bertz CT molecular complexity index is 1060. The number of ether oxygens (including phenoxy) is 2. The van der Waals surface area contributed by atoms with E-state index in [0.717, 1.165) is 34.1 Å². The van der Waals surface area contributed by atoms with Gasteiger partial charge in [-0.25, -0.2) is 0 Å². The molecule has 0 amide bonds. The first-order valence-corrected chi connectivity index (χ1v) is 10.4. The third-order valence-electron chi connectivity index (χ3n) is 5.68. The van der Waals surface area contributed by atoms with Gasteiger partial charge >= 0.3 is 5.97 Å². The Balaban J connectivity index is 1.71. The molecule has 30 heavy (non-hydrogen) atoms. The molecule has 3 aromatic rings. The van der Waals surface area contributed by atoms with Crippen molar-refractivity contribution >= 4 is 16.9 Å². The van der Waals surface area contributed by atoms with Crippen LogP contribution in [0.3, 0.4) is 0 Å². The fourth-order valence-electron chi connectivity index (χ4n) is 4.04. The van der Waals surface area contributed by atoms with Crippen molar-refractivity contribution in [3.63, 3.8) is 0 Å². The molecule has 0 radical (unpaired) electrons. The molecule has 158 valence electrons. The Morgan fingerprint density at radius 2 is 2.00 bits per heavy atom. The molecule has 1 aromatic heterocycles. The molecular weight excluding hydrogens is 380 g/mol. The molecule has 0 bridgehead atoms. The maximum atomic E-state index is 11.8.